The Morgan fingerprint density at radius 3 is 2.47 bits per heavy atom. The third-order valence-electron chi connectivity index (χ3n) is 2.51. The minimum Gasteiger partial charge on any atom is -0.355 e. The molecular formula is C13H18BrN3O2. The van der Waals surface area contributed by atoms with Crippen LogP contribution < -0.4 is 16.4 Å². The fourth-order valence-corrected chi connectivity index (χ4v) is 1.93. The molecule has 1 aromatic rings. The van der Waals surface area contributed by atoms with E-state index in [0.717, 1.165) is 10.0 Å². The van der Waals surface area contributed by atoms with Gasteiger partial charge < -0.3 is 16.4 Å². The first-order chi connectivity index (χ1) is 9.02. The maximum atomic E-state index is 11.7. The van der Waals surface area contributed by atoms with E-state index in [1.165, 1.54) is 6.92 Å². The number of hydrogen-bond acceptors (Lipinski definition) is 3. The first-order valence-electron chi connectivity index (χ1n) is 6.02. The van der Waals surface area contributed by atoms with Crippen molar-refractivity contribution in [1.29, 1.82) is 0 Å². The lowest BCUT2D eigenvalue weighted by Gasteiger charge is -2.18. The highest BCUT2D eigenvalue weighted by Crippen LogP contribution is 2.19. The molecule has 19 heavy (non-hydrogen) atoms. The second-order valence-corrected chi connectivity index (χ2v) is 5.06. The van der Waals surface area contributed by atoms with Crippen molar-refractivity contribution < 1.29 is 9.59 Å². The molecule has 0 fully saturated rings. The van der Waals surface area contributed by atoms with Gasteiger partial charge in [0.25, 0.3) is 0 Å². The molecule has 1 atom stereocenters. The fraction of sp³-hybridized carbons (Fsp3) is 0.385. The molecule has 1 aromatic carbocycles. The van der Waals surface area contributed by atoms with E-state index in [2.05, 4.69) is 26.6 Å². The molecule has 6 heteroatoms. The van der Waals surface area contributed by atoms with Gasteiger partial charge in [0.05, 0.1) is 12.5 Å². The number of rotatable bonds is 6. The van der Waals surface area contributed by atoms with Crippen molar-refractivity contribution in [2.24, 2.45) is 5.73 Å². The molecule has 0 aromatic heterocycles. The normalized spacial score (nSPS) is 11.7. The summed E-state index contributed by atoms with van der Waals surface area (Å²) < 4.78 is 0.949. The quantitative estimate of drug-likeness (QED) is 0.731. The molecule has 4 N–H and O–H groups in total. The van der Waals surface area contributed by atoms with Crippen LogP contribution in [0.5, 0.6) is 0 Å². The van der Waals surface area contributed by atoms with E-state index in [-0.39, 0.29) is 24.3 Å². The molecule has 0 aliphatic carbocycles. The molecule has 0 spiro atoms. The Kier molecular flexibility index (Phi) is 6.52. The molecule has 0 aliphatic heterocycles. The second-order valence-electron chi connectivity index (χ2n) is 4.15. The first kappa shape index (κ1) is 15.7. The van der Waals surface area contributed by atoms with Crippen LogP contribution in [0.3, 0.4) is 0 Å². The van der Waals surface area contributed by atoms with Crippen molar-refractivity contribution in [1.82, 2.24) is 10.6 Å². The third kappa shape index (κ3) is 5.85. The van der Waals surface area contributed by atoms with Crippen molar-refractivity contribution in [3.05, 3.63) is 34.3 Å². The summed E-state index contributed by atoms with van der Waals surface area (Å²) in [5.41, 5.74) is 6.22. The molecule has 0 radical (unpaired) electrons. The van der Waals surface area contributed by atoms with Crippen molar-refractivity contribution in [2.75, 3.05) is 13.1 Å². The molecule has 2 amide bonds. The zero-order valence-electron chi connectivity index (χ0n) is 10.8. The predicted molar refractivity (Wildman–Crippen MR) is 77.4 cm³/mol. The van der Waals surface area contributed by atoms with Crippen LogP contribution in [-0.2, 0) is 9.59 Å². The molecule has 0 heterocycles. The standard InChI is InChI=1S/C13H18BrN3O2/c1-9(18)17-12(8-13(19)16-7-6-15)10-2-4-11(14)5-3-10/h2-5,12H,6-8,15H2,1H3,(H,16,19)(H,17,18). The summed E-state index contributed by atoms with van der Waals surface area (Å²) in [7, 11) is 0. The highest BCUT2D eigenvalue weighted by molar-refractivity contribution is 9.10. The molecule has 5 nitrogen and oxygen atoms in total. The Labute approximate surface area is 121 Å². The van der Waals surface area contributed by atoms with Crippen LogP contribution >= 0.6 is 15.9 Å². The van der Waals surface area contributed by atoms with E-state index in [1.54, 1.807) is 0 Å². The van der Waals surface area contributed by atoms with Gasteiger partial charge in [-0.3, -0.25) is 9.59 Å². The highest BCUT2D eigenvalue weighted by Gasteiger charge is 2.16. The lowest BCUT2D eigenvalue weighted by atomic mass is 10.0. The summed E-state index contributed by atoms with van der Waals surface area (Å²) >= 11 is 3.35. The number of nitrogens with two attached hydrogens (primary N) is 1. The molecule has 1 unspecified atom stereocenters. The van der Waals surface area contributed by atoms with Crippen LogP contribution in [0, 0.1) is 0 Å². The van der Waals surface area contributed by atoms with Crippen LogP contribution in [0.15, 0.2) is 28.7 Å². The molecule has 0 bridgehead atoms. The number of halogens is 1. The predicted octanol–water partition coefficient (Wildman–Crippen LogP) is 1.09. The fourth-order valence-electron chi connectivity index (χ4n) is 1.66. The number of carbonyl (C=O) groups is 2. The van der Waals surface area contributed by atoms with Gasteiger partial charge in [-0.2, -0.15) is 0 Å². The number of nitrogens with one attached hydrogen (secondary N) is 2. The Hall–Kier alpha value is -1.40. The van der Waals surface area contributed by atoms with Crippen LogP contribution in [0.1, 0.15) is 24.9 Å². The van der Waals surface area contributed by atoms with Gasteiger partial charge >= 0.3 is 0 Å². The summed E-state index contributed by atoms with van der Waals surface area (Å²) in [5, 5.41) is 5.47. The first-order valence-corrected chi connectivity index (χ1v) is 6.81. The Morgan fingerprint density at radius 1 is 1.32 bits per heavy atom. The number of carbonyl (C=O) groups excluding carboxylic acids is 2. The van der Waals surface area contributed by atoms with Crippen molar-refractivity contribution in [3.8, 4) is 0 Å². The van der Waals surface area contributed by atoms with E-state index in [1.807, 2.05) is 24.3 Å². The van der Waals surface area contributed by atoms with Gasteiger partial charge in [0.15, 0.2) is 0 Å². The van der Waals surface area contributed by atoms with Crippen LogP contribution in [-0.4, -0.2) is 24.9 Å². The summed E-state index contributed by atoms with van der Waals surface area (Å²) in [6.45, 7) is 2.27. The number of benzene rings is 1. The van der Waals surface area contributed by atoms with Gasteiger partial charge in [-0.05, 0) is 17.7 Å². The maximum Gasteiger partial charge on any atom is 0.222 e. The van der Waals surface area contributed by atoms with E-state index in [0.29, 0.717) is 13.1 Å². The van der Waals surface area contributed by atoms with E-state index in [4.69, 9.17) is 5.73 Å². The second kappa shape index (κ2) is 7.91. The number of amides is 2. The largest absolute Gasteiger partial charge is 0.355 e. The summed E-state index contributed by atoms with van der Waals surface area (Å²) in [6, 6.07) is 7.18. The zero-order valence-corrected chi connectivity index (χ0v) is 12.4. The van der Waals surface area contributed by atoms with E-state index < -0.39 is 0 Å². The average molecular weight is 328 g/mol. The van der Waals surface area contributed by atoms with E-state index >= 15 is 0 Å². The topological polar surface area (TPSA) is 84.2 Å². The van der Waals surface area contributed by atoms with Crippen molar-refractivity contribution in [3.63, 3.8) is 0 Å². The molecule has 0 saturated heterocycles. The van der Waals surface area contributed by atoms with Gasteiger partial charge in [-0.25, -0.2) is 0 Å². The minimum atomic E-state index is -0.330. The molecular weight excluding hydrogens is 310 g/mol. The van der Waals surface area contributed by atoms with Gasteiger partial charge in [0.2, 0.25) is 11.8 Å². The third-order valence-corrected chi connectivity index (χ3v) is 3.03. The Balaban J connectivity index is 2.74. The summed E-state index contributed by atoms with van der Waals surface area (Å²) in [4.78, 5) is 22.9. The maximum absolute atomic E-state index is 11.7. The molecule has 1 rings (SSSR count). The van der Waals surface area contributed by atoms with Crippen molar-refractivity contribution in [2.45, 2.75) is 19.4 Å². The molecule has 104 valence electrons. The van der Waals surface area contributed by atoms with Gasteiger partial charge in [0, 0.05) is 24.5 Å². The van der Waals surface area contributed by atoms with Crippen molar-refractivity contribution >= 4 is 27.7 Å². The molecule has 0 aliphatic rings. The average Bonchev–Trinajstić information content (AvgIpc) is 2.36. The summed E-state index contributed by atoms with van der Waals surface area (Å²) in [6.07, 6.45) is 0.196. The minimum absolute atomic E-state index is 0.132. The molecule has 0 saturated carbocycles. The lowest BCUT2D eigenvalue weighted by Crippen LogP contribution is -2.34. The Bertz CT molecular complexity index is 434. The van der Waals surface area contributed by atoms with Gasteiger partial charge in [0.1, 0.15) is 0 Å². The van der Waals surface area contributed by atoms with Crippen LogP contribution in [0.2, 0.25) is 0 Å². The van der Waals surface area contributed by atoms with Crippen LogP contribution in [0.4, 0.5) is 0 Å². The zero-order chi connectivity index (χ0) is 14.3. The lowest BCUT2D eigenvalue weighted by molar-refractivity contribution is -0.122. The van der Waals surface area contributed by atoms with E-state index in [9.17, 15) is 9.59 Å². The monoisotopic (exact) mass is 327 g/mol. The SMILES string of the molecule is CC(=O)NC(CC(=O)NCCN)c1ccc(Br)cc1. The Morgan fingerprint density at radius 2 is 1.95 bits per heavy atom. The van der Waals surface area contributed by atoms with Crippen LogP contribution in [0.25, 0.3) is 0 Å². The highest BCUT2D eigenvalue weighted by atomic mass is 79.9. The summed E-state index contributed by atoms with van der Waals surface area (Å²) in [5.74, 6) is -0.299. The van der Waals surface area contributed by atoms with Gasteiger partial charge in [-0.15, -0.1) is 0 Å². The van der Waals surface area contributed by atoms with Gasteiger partial charge in [-0.1, -0.05) is 28.1 Å². The smallest absolute Gasteiger partial charge is 0.222 e. The number of hydrogen-bond donors (Lipinski definition) is 3.